The van der Waals surface area contributed by atoms with E-state index < -0.39 is 22.8 Å². The van der Waals surface area contributed by atoms with Gasteiger partial charge in [-0.3, -0.25) is 9.00 Å². The first-order valence-electron chi connectivity index (χ1n) is 6.15. The SMILES string of the molecule is COC(=O)C(CS(=O)c1ccc(C)c(C)c1)NC(C)=O. The fourth-order valence-corrected chi connectivity index (χ4v) is 2.90. The molecule has 110 valence electrons. The van der Waals surface area contributed by atoms with Crippen LogP contribution in [0.4, 0.5) is 0 Å². The van der Waals surface area contributed by atoms with Crippen molar-refractivity contribution >= 4 is 22.7 Å². The lowest BCUT2D eigenvalue weighted by atomic mass is 10.1. The van der Waals surface area contributed by atoms with Gasteiger partial charge >= 0.3 is 5.97 Å². The summed E-state index contributed by atoms with van der Waals surface area (Å²) < 4.78 is 16.9. The van der Waals surface area contributed by atoms with E-state index in [0.717, 1.165) is 11.1 Å². The molecule has 0 aliphatic heterocycles. The zero-order valence-electron chi connectivity index (χ0n) is 12.1. The lowest BCUT2D eigenvalue weighted by Gasteiger charge is -2.15. The Balaban J connectivity index is 2.86. The number of ether oxygens (including phenoxy) is 1. The molecule has 2 unspecified atom stereocenters. The van der Waals surface area contributed by atoms with Crippen LogP contribution < -0.4 is 5.32 Å². The Morgan fingerprint density at radius 3 is 2.45 bits per heavy atom. The molecule has 1 aromatic rings. The van der Waals surface area contributed by atoms with Gasteiger partial charge in [0.15, 0.2) is 0 Å². The van der Waals surface area contributed by atoms with Crippen molar-refractivity contribution < 1.29 is 18.5 Å². The van der Waals surface area contributed by atoms with Crippen LogP contribution >= 0.6 is 0 Å². The first-order valence-corrected chi connectivity index (χ1v) is 7.47. The molecule has 0 aliphatic carbocycles. The highest BCUT2D eigenvalue weighted by molar-refractivity contribution is 7.85. The molecule has 6 heteroatoms. The van der Waals surface area contributed by atoms with Gasteiger partial charge < -0.3 is 10.1 Å². The van der Waals surface area contributed by atoms with Gasteiger partial charge in [0, 0.05) is 11.8 Å². The van der Waals surface area contributed by atoms with Crippen molar-refractivity contribution in [3.63, 3.8) is 0 Å². The minimum absolute atomic E-state index is 0.00520. The summed E-state index contributed by atoms with van der Waals surface area (Å²) in [5.41, 5.74) is 2.14. The minimum atomic E-state index is -1.39. The maximum Gasteiger partial charge on any atom is 0.329 e. The molecule has 1 aromatic carbocycles. The van der Waals surface area contributed by atoms with Crippen LogP contribution in [-0.4, -0.2) is 35.0 Å². The number of rotatable bonds is 5. The molecule has 0 aromatic heterocycles. The van der Waals surface area contributed by atoms with Gasteiger partial charge in [-0.1, -0.05) is 6.07 Å². The van der Waals surface area contributed by atoms with Gasteiger partial charge in [0.2, 0.25) is 5.91 Å². The van der Waals surface area contributed by atoms with E-state index in [4.69, 9.17) is 0 Å². The largest absolute Gasteiger partial charge is 0.467 e. The summed E-state index contributed by atoms with van der Waals surface area (Å²) in [7, 11) is -0.154. The summed E-state index contributed by atoms with van der Waals surface area (Å²) in [5, 5.41) is 2.45. The molecule has 5 nitrogen and oxygen atoms in total. The van der Waals surface area contributed by atoms with E-state index in [2.05, 4.69) is 10.1 Å². The van der Waals surface area contributed by atoms with E-state index in [1.54, 1.807) is 6.07 Å². The Labute approximate surface area is 121 Å². The molecule has 2 atom stereocenters. The summed E-state index contributed by atoms with van der Waals surface area (Å²) in [5.74, 6) is -0.968. The highest BCUT2D eigenvalue weighted by Crippen LogP contribution is 2.14. The van der Waals surface area contributed by atoms with Crippen LogP contribution in [0.15, 0.2) is 23.1 Å². The van der Waals surface area contributed by atoms with E-state index in [-0.39, 0.29) is 11.7 Å². The molecule has 1 amide bonds. The third kappa shape index (κ3) is 4.45. The number of methoxy groups -OCH3 is 1. The summed E-state index contributed by atoms with van der Waals surface area (Å²) >= 11 is 0. The van der Waals surface area contributed by atoms with Gasteiger partial charge in [0.05, 0.1) is 23.7 Å². The molecule has 20 heavy (non-hydrogen) atoms. The average Bonchev–Trinajstić information content (AvgIpc) is 2.39. The zero-order chi connectivity index (χ0) is 15.3. The number of hydrogen-bond acceptors (Lipinski definition) is 4. The molecule has 0 saturated carbocycles. The molecule has 0 aliphatic rings. The molecule has 0 spiro atoms. The second-order valence-corrected chi connectivity index (χ2v) is 6.03. The topological polar surface area (TPSA) is 72.5 Å². The number of hydrogen-bond donors (Lipinski definition) is 1. The van der Waals surface area contributed by atoms with Crippen LogP contribution in [0.5, 0.6) is 0 Å². The second-order valence-electron chi connectivity index (χ2n) is 4.53. The molecule has 0 fully saturated rings. The number of aryl methyl sites for hydroxylation is 2. The standard InChI is InChI=1S/C14H19NO4S/c1-9-5-6-12(7-10(9)2)20(18)8-13(14(17)19-4)15-11(3)16/h5-7,13H,8H2,1-4H3,(H,15,16). The number of carbonyl (C=O) groups excluding carboxylic acids is 2. The van der Waals surface area contributed by atoms with Crippen molar-refractivity contribution in [3.05, 3.63) is 29.3 Å². The fraction of sp³-hybridized carbons (Fsp3) is 0.429. The number of esters is 1. The third-order valence-corrected chi connectivity index (χ3v) is 4.34. The van der Waals surface area contributed by atoms with Crippen molar-refractivity contribution in [2.24, 2.45) is 0 Å². The van der Waals surface area contributed by atoms with Gasteiger partial charge in [0.1, 0.15) is 6.04 Å². The van der Waals surface area contributed by atoms with E-state index in [9.17, 15) is 13.8 Å². The molecular weight excluding hydrogens is 278 g/mol. The number of benzene rings is 1. The number of carbonyl (C=O) groups is 2. The van der Waals surface area contributed by atoms with E-state index >= 15 is 0 Å². The molecule has 0 heterocycles. The monoisotopic (exact) mass is 297 g/mol. The number of amides is 1. The zero-order valence-corrected chi connectivity index (χ0v) is 12.9. The smallest absolute Gasteiger partial charge is 0.329 e. The van der Waals surface area contributed by atoms with Gasteiger partial charge in [-0.15, -0.1) is 0 Å². The first-order chi connectivity index (χ1) is 9.35. The molecule has 1 N–H and O–H groups in total. The first kappa shape index (κ1) is 16.4. The molecule has 0 bridgehead atoms. The van der Waals surface area contributed by atoms with Crippen LogP contribution in [-0.2, 0) is 25.1 Å². The van der Waals surface area contributed by atoms with Gasteiger partial charge in [-0.2, -0.15) is 0 Å². The Morgan fingerprint density at radius 2 is 1.95 bits per heavy atom. The Kier molecular flexibility index (Phi) is 5.88. The summed E-state index contributed by atoms with van der Waals surface area (Å²) in [6.07, 6.45) is 0. The third-order valence-electron chi connectivity index (χ3n) is 2.92. The maximum atomic E-state index is 12.3. The minimum Gasteiger partial charge on any atom is -0.467 e. The normalized spacial score (nSPS) is 13.4. The van der Waals surface area contributed by atoms with E-state index in [1.807, 2.05) is 26.0 Å². The lowest BCUT2D eigenvalue weighted by Crippen LogP contribution is -2.44. The quantitative estimate of drug-likeness (QED) is 0.826. The summed E-state index contributed by atoms with van der Waals surface area (Å²) in [4.78, 5) is 23.3. The highest BCUT2D eigenvalue weighted by Gasteiger charge is 2.23. The van der Waals surface area contributed by atoms with Crippen LogP contribution in [0.1, 0.15) is 18.1 Å². The number of nitrogens with one attached hydrogen (secondary N) is 1. The van der Waals surface area contributed by atoms with Crippen molar-refractivity contribution in [2.45, 2.75) is 31.7 Å². The summed E-state index contributed by atoms with van der Waals surface area (Å²) in [6, 6.07) is 4.57. The van der Waals surface area contributed by atoms with Crippen molar-refractivity contribution in [3.8, 4) is 0 Å². The summed E-state index contributed by atoms with van der Waals surface area (Å²) in [6.45, 7) is 5.20. The second kappa shape index (κ2) is 7.19. The Hall–Kier alpha value is -1.69. The van der Waals surface area contributed by atoms with Crippen molar-refractivity contribution in [2.75, 3.05) is 12.9 Å². The van der Waals surface area contributed by atoms with Crippen molar-refractivity contribution in [1.82, 2.24) is 5.32 Å². The molecule has 1 rings (SSSR count). The van der Waals surface area contributed by atoms with Crippen LogP contribution in [0, 0.1) is 13.8 Å². The average molecular weight is 297 g/mol. The lowest BCUT2D eigenvalue weighted by molar-refractivity contribution is -0.144. The maximum absolute atomic E-state index is 12.3. The van der Waals surface area contributed by atoms with Crippen molar-refractivity contribution in [1.29, 1.82) is 0 Å². The van der Waals surface area contributed by atoms with Crippen LogP contribution in [0.3, 0.4) is 0 Å². The predicted molar refractivity (Wildman–Crippen MR) is 76.8 cm³/mol. The van der Waals surface area contributed by atoms with Gasteiger partial charge in [-0.05, 0) is 37.1 Å². The Bertz CT molecular complexity index is 542. The van der Waals surface area contributed by atoms with E-state index in [1.165, 1.54) is 14.0 Å². The molecule has 0 radical (unpaired) electrons. The highest BCUT2D eigenvalue weighted by atomic mass is 32.2. The molecular formula is C14H19NO4S. The van der Waals surface area contributed by atoms with Gasteiger partial charge in [-0.25, -0.2) is 4.79 Å². The van der Waals surface area contributed by atoms with E-state index in [0.29, 0.717) is 4.90 Å². The van der Waals surface area contributed by atoms with Gasteiger partial charge in [0.25, 0.3) is 0 Å². The Morgan fingerprint density at radius 1 is 1.30 bits per heavy atom. The van der Waals surface area contributed by atoms with Crippen LogP contribution in [0.25, 0.3) is 0 Å². The van der Waals surface area contributed by atoms with Crippen LogP contribution in [0.2, 0.25) is 0 Å². The molecule has 0 saturated heterocycles. The predicted octanol–water partition coefficient (Wildman–Crippen LogP) is 1.09. The fourth-order valence-electron chi connectivity index (χ4n) is 1.66.